The number of carbonyl (C=O) groups is 2. The van der Waals surface area contributed by atoms with Gasteiger partial charge in [0, 0.05) is 5.54 Å². The van der Waals surface area contributed by atoms with Crippen LogP contribution < -0.4 is 5.32 Å². The van der Waals surface area contributed by atoms with Gasteiger partial charge in [-0.3, -0.25) is 14.5 Å². The average molecular weight is 267 g/mol. The number of rotatable bonds is 6. The Balaban J connectivity index is 0. The molecule has 0 bridgehead atoms. The summed E-state index contributed by atoms with van der Waals surface area (Å²) in [5.74, 6) is -1.08. The van der Waals surface area contributed by atoms with Gasteiger partial charge in [0.05, 0.1) is 6.54 Å². The van der Waals surface area contributed by atoms with Crippen LogP contribution in [-0.4, -0.2) is 47.1 Å². The van der Waals surface area contributed by atoms with Gasteiger partial charge in [0.2, 0.25) is 5.91 Å². The summed E-state index contributed by atoms with van der Waals surface area (Å²) in [5, 5.41) is 11.6. The van der Waals surface area contributed by atoms with E-state index in [1.54, 1.807) is 14.0 Å². The van der Waals surface area contributed by atoms with Crippen molar-refractivity contribution in [3.05, 3.63) is 0 Å². The Hall–Kier alpha value is -0.810. The molecule has 6 heteroatoms. The monoisotopic (exact) mass is 266 g/mol. The molecule has 0 heterocycles. The average Bonchev–Trinajstić information content (AvgIpc) is 2.15. The summed E-state index contributed by atoms with van der Waals surface area (Å²) < 4.78 is 0. The van der Waals surface area contributed by atoms with Crippen LogP contribution in [0.1, 0.15) is 34.1 Å². The molecule has 1 unspecified atom stereocenters. The molecule has 0 aliphatic carbocycles. The van der Waals surface area contributed by atoms with E-state index in [2.05, 4.69) is 5.32 Å². The topological polar surface area (TPSA) is 69.6 Å². The van der Waals surface area contributed by atoms with Crippen molar-refractivity contribution in [1.29, 1.82) is 0 Å². The van der Waals surface area contributed by atoms with E-state index in [-0.39, 0.29) is 30.4 Å². The number of nitrogens with zero attached hydrogens (tertiary/aromatic N) is 1. The standard InChI is InChI=1S/C11H22N2O3.ClH/c1-6-11(3,4)12-9(14)7-13(5)8(2)10(15)16;/h8H,6-7H2,1-5H3,(H,12,14)(H,15,16);1H. The molecule has 1 atom stereocenters. The molecular weight excluding hydrogens is 244 g/mol. The molecule has 0 saturated heterocycles. The molecule has 1 amide bonds. The Bertz CT molecular complexity index is 269. The number of carboxylic acids is 1. The quantitative estimate of drug-likeness (QED) is 0.756. The van der Waals surface area contributed by atoms with Crippen molar-refractivity contribution in [1.82, 2.24) is 10.2 Å². The van der Waals surface area contributed by atoms with Gasteiger partial charge in [-0.2, -0.15) is 0 Å². The van der Waals surface area contributed by atoms with Crippen LogP contribution in [-0.2, 0) is 9.59 Å². The molecule has 102 valence electrons. The lowest BCUT2D eigenvalue weighted by Crippen LogP contribution is -2.49. The SMILES string of the molecule is CCC(C)(C)NC(=O)CN(C)C(C)C(=O)O.Cl. The normalized spacial score (nSPS) is 12.8. The minimum atomic E-state index is -0.926. The molecule has 17 heavy (non-hydrogen) atoms. The Labute approximate surface area is 109 Å². The Morgan fingerprint density at radius 2 is 1.88 bits per heavy atom. The highest BCUT2D eigenvalue weighted by Gasteiger charge is 2.22. The molecule has 2 N–H and O–H groups in total. The Kier molecular flexibility index (Phi) is 8.19. The maximum atomic E-state index is 11.6. The lowest BCUT2D eigenvalue weighted by molar-refractivity contribution is -0.142. The first kappa shape index (κ1) is 18.6. The van der Waals surface area contributed by atoms with Crippen molar-refractivity contribution >= 4 is 24.3 Å². The number of halogens is 1. The van der Waals surface area contributed by atoms with Gasteiger partial charge in [0.1, 0.15) is 6.04 Å². The van der Waals surface area contributed by atoms with Crippen LogP contribution in [0.15, 0.2) is 0 Å². The van der Waals surface area contributed by atoms with E-state index in [0.717, 1.165) is 6.42 Å². The zero-order valence-electron chi connectivity index (χ0n) is 11.1. The highest BCUT2D eigenvalue weighted by atomic mass is 35.5. The van der Waals surface area contributed by atoms with Gasteiger partial charge in [-0.05, 0) is 34.2 Å². The molecule has 0 aromatic heterocycles. The largest absolute Gasteiger partial charge is 0.480 e. The van der Waals surface area contributed by atoms with E-state index < -0.39 is 12.0 Å². The minimum absolute atomic E-state index is 0. The van der Waals surface area contributed by atoms with E-state index in [1.807, 2.05) is 20.8 Å². The maximum absolute atomic E-state index is 11.6. The van der Waals surface area contributed by atoms with E-state index >= 15 is 0 Å². The number of nitrogens with one attached hydrogen (secondary N) is 1. The summed E-state index contributed by atoms with van der Waals surface area (Å²) in [4.78, 5) is 23.8. The van der Waals surface area contributed by atoms with E-state index in [4.69, 9.17) is 5.11 Å². The summed E-state index contributed by atoms with van der Waals surface area (Å²) in [6, 6.07) is -0.657. The summed E-state index contributed by atoms with van der Waals surface area (Å²) >= 11 is 0. The molecule has 0 radical (unpaired) electrons. The third kappa shape index (κ3) is 7.18. The van der Waals surface area contributed by atoms with Crippen LogP contribution in [0.2, 0.25) is 0 Å². The molecule has 5 nitrogen and oxygen atoms in total. The number of likely N-dealkylation sites (N-methyl/N-ethyl adjacent to an activating group) is 1. The lowest BCUT2D eigenvalue weighted by Gasteiger charge is -2.27. The lowest BCUT2D eigenvalue weighted by atomic mass is 10.0. The summed E-state index contributed by atoms with van der Waals surface area (Å²) in [6.07, 6.45) is 0.830. The Morgan fingerprint density at radius 3 is 2.24 bits per heavy atom. The van der Waals surface area contributed by atoms with Gasteiger partial charge >= 0.3 is 5.97 Å². The van der Waals surface area contributed by atoms with Crippen molar-refractivity contribution in [2.24, 2.45) is 0 Å². The fourth-order valence-electron chi connectivity index (χ4n) is 1.06. The van der Waals surface area contributed by atoms with Crippen molar-refractivity contribution in [2.75, 3.05) is 13.6 Å². The molecule has 0 fully saturated rings. The van der Waals surface area contributed by atoms with Crippen molar-refractivity contribution in [3.8, 4) is 0 Å². The van der Waals surface area contributed by atoms with Crippen molar-refractivity contribution < 1.29 is 14.7 Å². The van der Waals surface area contributed by atoms with Gasteiger partial charge in [0.15, 0.2) is 0 Å². The van der Waals surface area contributed by atoms with Crippen LogP contribution in [0.25, 0.3) is 0 Å². The molecule has 0 aliphatic heterocycles. The Morgan fingerprint density at radius 1 is 1.41 bits per heavy atom. The van der Waals surface area contributed by atoms with Crippen molar-refractivity contribution in [3.63, 3.8) is 0 Å². The second-order valence-electron chi connectivity index (χ2n) is 4.71. The number of carboxylic acid groups (broad SMARTS) is 1. The number of aliphatic carboxylic acids is 1. The van der Waals surface area contributed by atoms with E-state index in [1.165, 1.54) is 4.90 Å². The third-order valence-electron chi connectivity index (χ3n) is 2.77. The summed E-state index contributed by atoms with van der Waals surface area (Å²) in [6.45, 7) is 7.51. The van der Waals surface area contributed by atoms with Gasteiger partial charge in [-0.1, -0.05) is 6.92 Å². The fraction of sp³-hybridized carbons (Fsp3) is 0.818. The van der Waals surface area contributed by atoms with Crippen LogP contribution >= 0.6 is 12.4 Å². The highest BCUT2D eigenvalue weighted by molar-refractivity contribution is 5.85. The van der Waals surface area contributed by atoms with Crippen LogP contribution in [0.5, 0.6) is 0 Å². The minimum Gasteiger partial charge on any atom is -0.480 e. The second kappa shape index (κ2) is 7.50. The predicted octanol–water partition coefficient (Wildman–Crippen LogP) is 1.12. The predicted molar refractivity (Wildman–Crippen MR) is 69.5 cm³/mol. The molecule has 0 aromatic carbocycles. The van der Waals surface area contributed by atoms with Gasteiger partial charge in [0.25, 0.3) is 0 Å². The van der Waals surface area contributed by atoms with Crippen LogP contribution in [0.4, 0.5) is 0 Å². The molecular formula is C11H23ClN2O3. The first-order chi connectivity index (χ1) is 7.19. The van der Waals surface area contributed by atoms with E-state index in [0.29, 0.717) is 0 Å². The summed E-state index contributed by atoms with van der Waals surface area (Å²) in [7, 11) is 1.62. The molecule has 0 saturated carbocycles. The number of hydrogen-bond acceptors (Lipinski definition) is 3. The molecule has 0 spiro atoms. The smallest absolute Gasteiger partial charge is 0.320 e. The van der Waals surface area contributed by atoms with Crippen LogP contribution in [0.3, 0.4) is 0 Å². The van der Waals surface area contributed by atoms with Gasteiger partial charge in [-0.25, -0.2) is 0 Å². The number of hydrogen-bond donors (Lipinski definition) is 2. The second-order valence-corrected chi connectivity index (χ2v) is 4.71. The zero-order valence-corrected chi connectivity index (χ0v) is 11.9. The first-order valence-corrected chi connectivity index (χ1v) is 5.43. The molecule has 0 aliphatic rings. The van der Waals surface area contributed by atoms with Gasteiger partial charge in [-0.15, -0.1) is 12.4 Å². The molecule has 0 rings (SSSR count). The van der Waals surface area contributed by atoms with Gasteiger partial charge < -0.3 is 10.4 Å². The number of carbonyl (C=O) groups excluding carboxylic acids is 1. The third-order valence-corrected chi connectivity index (χ3v) is 2.77. The molecule has 0 aromatic rings. The fourth-order valence-corrected chi connectivity index (χ4v) is 1.06. The van der Waals surface area contributed by atoms with Crippen molar-refractivity contribution in [2.45, 2.75) is 45.7 Å². The number of amides is 1. The maximum Gasteiger partial charge on any atom is 0.320 e. The summed E-state index contributed by atoms with van der Waals surface area (Å²) in [5.41, 5.74) is -0.246. The first-order valence-electron chi connectivity index (χ1n) is 5.43. The zero-order chi connectivity index (χ0) is 12.9. The van der Waals surface area contributed by atoms with E-state index in [9.17, 15) is 9.59 Å². The highest BCUT2D eigenvalue weighted by Crippen LogP contribution is 2.06. The van der Waals surface area contributed by atoms with Crippen LogP contribution in [0, 0.1) is 0 Å².